The van der Waals surface area contributed by atoms with E-state index in [1.54, 1.807) is 6.92 Å². The van der Waals surface area contributed by atoms with Crippen LogP contribution in [0.3, 0.4) is 0 Å². The molecule has 0 aliphatic carbocycles. The highest BCUT2D eigenvalue weighted by Gasteiger charge is 2.16. The van der Waals surface area contributed by atoms with Crippen LogP contribution in [0.4, 0.5) is 17.6 Å². The minimum atomic E-state index is -2.52. The minimum absolute atomic E-state index is 0.116. The SMILES string of the molecule is CC[N-]CC(CC(F)F)CC(F)F. The molecule has 0 aromatic heterocycles. The summed E-state index contributed by atoms with van der Waals surface area (Å²) in [6.45, 7) is 2.36. The van der Waals surface area contributed by atoms with Gasteiger partial charge in [0, 0.05) is 12.8 Å². The van der Waals surface area contributed by atoms with Gasteiger partial charge in [-0.3, -0.25) is 0 Å². The van der Waals surface area contributed by atoms with E-state index in [0.29, 0.717) is 6.54 Å². The zero-order valence-electron chi connectivity index (χ0n) is 7.52. The normalized spacial score (nSPS) is 12.0. The van der Waals surface area contributed by atoms with Gasteiger partial charge in [-0.25, -0.2) is 17.6 Å². The molecule has 5 heteroatoms. The molecule has 0 bridgehead atoms. The van der Waals surface area contributed by atoms with Crippen LogP contribution in [0.5, 0.6) is 0 Å². The summed E-state index contributed by atoms with van der Waals surface area (Å²) < 4.78 is 47.5. The van der Waals surface area contributed by atoms with E-state index < -0.39 is 31.6 Å². The summed E-state index contributed by atoms with van der Waals surface area (Å²) >= 11 is 0. The van der Waals surface area contributed by atoms with Gasteiger partial charge in [0.1, 0.15) is 0 Å². The molecule has 0 rings (SSSR count). The van der Waals surface area contributed by atoms with Gasteiger partial charge < -0.3 is 5.32 Å². The molecule has 0 fully saturated rings. The Balaban J connectivity index is 3.73. The summed E-state index contributed by atoms with van der Waals surface area (Å²) in [7, 11) is 0. The summed E-state index contributed by atoms with van der Waals surface area (Å²) in [4.78, 5) is 0. The summed E-state index contributed by atoms with van der Waals surface area (Å²) in [6.07, 6.45) is -5.99. The lowest BCUT2D eigenvalue weighted by atomic mass is 10.0. The predicted octanol–water partition coefficient (Wildman–Crippen LogP) is 3.31. The standard InChI is InChI=1S/C8H14F4N/c1-2-13-5-6(3-7(9)10)4-8(11)12/h6-8H,2-5H2,1H3/q-1. The van der Waals surface area contributed by atoms with E-state index in [2.05, 4.69) is 5.32 Å². The number of hydrogen-bond acceptors (Lipinski definition) is 0. The van der Waals surface area contributed by atoms with E-state index in [9.17, 15) is 17.6 Å². The maximum atomic E-state index is 11.9. The highest BCUT2D eigenvalue weighted by molar-refractivity contribution is 4.81. The first-order valence-corrected chi connectivity index (χ1v) is 4.25. The summed E-state index contributed by atoms with van der Waals surface area (Å²) in [6, 6.07) is 0. The van der Waals surface area contributed by atoms with Crippen molar-refractivity contribution >= 4 is 0 Å². The lowest BCUT2D eigenvalue weighted by Crippen LogP contribution is -2.14. The van der Waals surface area contributed by atoms with Gasteiger partial charge in [0.15, 0.2) is 0 Å². The van der Waals surface area contributed by atoms with Gasteiger partial charge in [-0.1, -0.05) is 6.92 Å². The lowest BCUT2D eigenvalue weighted by Gasteiger charge is -2.24. The van der Waals surface area contributed by atoms with Crippen molar-refractivity contribution in [2.75, 3.05) is 13.1 Å². The van der Waals surface area contributed by atoms with Gasteiger partial charge >= 0.3 is 0 Å². The van der Waals surface area contributed by atoms with E-state index in [4.69, 9.17) is 0 Å². The van der Waals surface area contributed by atoms with Gasteiger partial charge in [0.05, 0.1) is 0 Å². The topological polar surface area (TPSA) is 14.1 Å². The molecule has 0 amide bonds. The molecule has 1 nitrogen and oxygen atoms in total. The van der Waals surface area contributed by atoms with E-state index in [1.165, 1.54) is 0 Å². The third kappa shape index (κ3) is 8.02. The van der Waals surface area contributed by atoms with Crippen LogP contribution in [-0.2, 0) is 0 Å². The van der Waals surface area contributed by atoms with Crippen molar-refractivity contribution in [3.63, 3.8) is 0 Å². The number of nitrogens with zero attached hydrogens (tertiary/aromatic N) is 1. The second-order valence-corrected chi connectivity index (χ2v) is 2.84. The number of halogens is 4. The zero-order valence-corrected chi connectivity index (χ0v) is 7.52. The fourth-order valence-electron chi connectivity index (χ4n) is 1.06. The van der Waals surface area contributed by atoms with Crippen molar-refractivity contribution < 1.29 is 17.6 Å². The van der Waals surface area contributed by atoms with Crippen LogP contribution >= 0.6 is 0 Å². The Kier molecular flexibility index (Phi) is 6.94. The van der Waals surface area contributed by atoms with Gasteiger partial charge in [-0.2, -0.15) is 6.54 Å². The van der Waals surface area contributed by atoms with Crippen LogP contribution in [0.2, 0.25) is 0 Å². The lowest BCUT2D eigenvalue weighted by molar-refractivity contribution is 0.0771. The molecular weight excluding hydrogens is 186 g/mol. The van der Waals surface area contributed by atoms with Crippen molar-refractivity contribution in [3.05, 3.63) is 5.32 Å². The van der Waals surface area contributed by atoms with Crippen LogP contribution in [-0.4, -0.2) is 25.9 Å². The second-order valence-electron chi connectivity index (χ2n) is 2.84. The average Bonchev–Trinajstić information content (AvgIpc) is 1.98. The molecule has 0 aromatic carbocycles. The second kappa shape index (κ2) is 7.12. The first-order valence-electron chi connectivity index (χ1n) is 4.25. The van der Waals surface area contributed by atoms with Crippen molar-refractivity contribution in [1.29, 1.82) is 0 Å². The predicted molar refractivity (Wildman–Crippen MR) is 43.5 cm³/mol. The van der Waals surface area contributed by atoms with Crippen molar-refractivity contribution in [2.45, 2.75) is 32.6 Å². The Labute approximate surface area is 75.5 Å². The molecule has 0 radical (unpaired) electrons. The smallest absolute Gasteiger partial charge is 0.238 e. The number of alkyl halides is 4. The molecular formula is C8H14F4N-. The number of hydrogen-bond donors (Lipinski definition) is 0. The van der Waals surface area contributed by atoms with Gasteiger partial charge in [-0.15, -0.1) is 6.54 Å². The summed E-state index contributed by atoms with van der Waals surface area (Å²) in [5.41, 5.74) is 0. The maximum Gasteiger partial charge on any atom is 0.238 e. The molecule has 0 atom stereocenters. The molecule has 13 heavy (non-hydrogen) atoms. The van der Waals surface area contributed by atoms with E-state index in [1.807, 2.05) is 0 Å². The van der Waals surface area contributed by atoms with E-state index >= 15 is 0 Å². The fraction of sp³-hybridized carbons (Fsp3) is 1.00. The Morgan fingerprint density at radius 1 is 1.00 bits per heavy atom. The van der Waals surface area contributed by atoms with Gasteiger partial charge in [-0.05, 0) is 5.92 Å². The average molecular weight is 200 g/mol. The highest BCUT2D eigenvalue weighted by atomic mass is 19.3. The molecule has 0 saturated carbocycles. The van der Waals surface area contributed by atoms with Crippen molar-refractivity contribution in [3.8, 4) is 0 Å². The Morgan fingerprint density at radius 3 is 1.77 bits per heavy atom. The third-order valence-electron chi connectivity index (χ3n) is 1.63. The van der Waals surface area contributed by atoms with Crippen molar-refractivity contribution in [2.24, 2.45) is 5.92 Å². The Hall–Kier alpha value is -0.320. The number of rotatable bonds is 7. The molecule has 0 aliphatic rings. The Morgan fingerprint density at radius 2 is 1.46 bits per heavy atom. The Bertz CT molecular complexity index is 109. The fourth-order valence-corrected chi connectivity index (χ4v) is 1.06. The monoisotopic (exact) mass is 200 g/mol. The van der Waals surface area contributed by atoms with Crippen LogP contribution < -0.4 is 0 Å². The van der Waals surface area contributed by atoms with E-state index in [0.717, 1.165) is 0 Å². The molecule has 0 aliphatic heterocycles. The molecule has 0 aromatic rings. The van der Waals surface area contributed by atoms with E-state index in [-0.39, 0.29) is 6.54 Å². The zero-order chi connectivity index (χ0) is 10.3. The van der Waals surface area contributed by atoms with Crippen LogP contribution in [0.15, 0.2) is 0 Å². The van der Waals surface area contributed by atoms with Crippen LogP contribution in [0, 0.1) is 5.92 Å². The molecule has 0 unspecified atom stereocenters. The summed E-state index contributed by atoms with van der Waals surface area (Å²) in [5, 5.41) is 3.81. The highest BCUT2D eigenvalue weighted by Crippen LogP contribution is 2.20. The molecule has 0 N–H and O–H groups in total. The first kappa shape index (κ1) is 12.7. The molecule has 80 valence electrons. The first-order chi connectivity index (χ1) is 6.06. The van der Waals surface area contributed by atoms with Gasteiger partial charge in [0.25, 0.3) is 0 Å². The van der Waals surface area contributed by atoms with Crippen molar-refractivity contribution in [1.82, 2.24) is 0 Å². The molecule has 0 saturated heterocycles. The van der Waals surface area contributed by atoms with Gasteiger partial charge in [0.2, 0.25) is 12.9 Å². The quantitative estimate of drug-likeness (QED) is 0.560. The molecule has 0 spiro atoms. The molecule has 0 heterocycles. The minimum Gasteiger partial charge on any atom is -0.662 e. The largest absolute Gasteiger partial charge is 0.662 e. The van der Waals surface area contributed by atoms with Crippen LogP contribution in [0.25, 0.3) is 5.32 Å². The van der Waals surface area contributed by atoms with Crippen LogP contribution in [0.1, 0.15) is 19.8 Å². The summed E-state index contributed by atoms with van der Waals surface area (Å²) in [5.74, 6) is -0.681. The maximum absolute atomic E-state index is 11.9. The third-order valence-corrected chi connectivity index (χ3v) is 1.63.